The maximum absolute atomic E-state index is 4.75. The van der Waals surface area contributed by atoms with Gasteiger partial charge in [0.1, 0.15) is 5.82 Å². The lowest BCUT2D eigenvalue weighted by Crippen LogP contribution is -2.24. The second-order valence-electron chi connectivity index (χ2n) is 6.30. The molecule has 1 fully saturated rings. The van der Waals surface area contributed by atoms with Crippen molar-refractivity contribution in [2.75, 3.05) is 16.8 Å². The molecule has 0 spiro atoms. The molecule has 0 aliphatic heterocycles. The summed E-state index contributed by atoms with van der Waals surface area (Å²) in [6.07, 6.45) is 8.28. The summed E-state index contributed by atoms with van der Waals surface area (Å²) in [6.45, 7) is 5.15. The summed E-state index contributed by atoms with van der Waals surface area (Å²) >= 11 is 0. The van der Waals surface area contributed by atoms with E-state index in [-0.39, 0.29) is 0 Å². The summed E-state index contributed by atoms with van der Waals surface area (Å²) in [5.74, 6) is 1.70. The molecule has 4 heteroatoms. The van der Waals surface area contributed by atoms with E-state index >= 15 is 0 Å². The third-order valence-electron chi connectivity index (χ3n) is 4.49. The van der Waals surface area contributed by atoms with Gasteiger partial charge in [-0.25, -0.2) is 4.98 Å². The lowest BCUT2D eigenvalue weighted by Gasteiger charge is -2.25. The van der Waals surface area contributed by atoms with Crippen LogP contribution < -0.4 is 10.2 Å². The highest BCUT2D eigenvalue weighted by atomic mass is 15.2. The zero-order valence-electron chi connectivity index (χ0n) is 14.1. The summed E-state index contributed by atoms with van der Waals surface area (Å²) in [6, 6.07) is 11.0. The van der Waals surface area contributed by atoms with Crippen molar-refractivity contribution in [3.05, 3.63) is 42.1 Å². The molecular formula is C19H26N4. The van der Waals surface area contributed by atoms with Crippen LogP contribution in [0.1, 0.15) is 44.6 Å². The number of benzene rings is 1. The molecule has 4 nitrogen and oxygen atoms in total. The number of nitrogens with zero attached hydrogens (tertiary/aromatic N) is 3. The quantitative estimate of drug-likeness (QED) is 0.870. The van der Waals surface area contributed by atoms with Crippen molar-refractivity contribution in [2.24, 2.45) is 0 Å². The van der Waals surface area contributed by atoms with E-state index in [1.165, 1.54) is 43.4 Å². The second-order valence-corrected chi connectivity index (χ2v) is 6.30. The minimum Gasteiger partial charge on any atom is -0.351 e. The Morgan fingerprint density at radius 2 is 2.00 bits per heavy atom. The van der Waals surface area contributed by atoms with Crippen molar-refractivity contribution in [1.29, 1.82) is 0 Å². The molecule has 1 heterocycles. The van der Waals surface area contributed by atoms with Gasteiger partial charge in [-0.3, -0.25) is 0 Å². The Hall–Kier alpha value is -2.10. The van der Waals surface area contributed by atoms with Crippen LogP contribution in [-0.4, -0.2) is 22.6 Å². The number of nitrogens with one attached hydrogen (secondary N) is 1. The van der Waals surface area contributed by atoms with Crippen molar-refractivity contribution in [3.63, 3.8) is 0 Å². The average Bonchev–Trinajstić information content (AvgIpc) is 2.57. The normalized spacial score (nSPS) is 15.4. The van der Waals surface area contributed by atoms with Gasteiger partial charge in [0.2, 0.25) is 5.95 Å². The van der Waals surface area contributed by atoms with E-state index in [9.17, 15) is 0 Å². The van der Waals surface area contributed by atoms with Crippen molar-refractivity contribution < 1.29 is 0 Å². The SMILES string of the molecule is CCN(c1cccc(C)c1)c1ccnc(NC2CCCCC2)n1. The van der Waals surface area contributed by atoms with Crippen LogP contribution in [0.3, 0.4) is 0 Å². The number of hydrogen-bond acceptors (Lipinski definition) is 4. The van der Waals surface area contributed by atoms with Crippen LogP contribution in [-0.2, 0) is 0 Å². The number of aryl methyl sites for hydroxylation is 1. The van der Waals surface area contributed by atoms with Crippen molar-refractivity contribution in [3.8, 4) is 0 Å². The first-order chi connectivity index (χ1) is 11.3. The van der Waals surface area contributed by atoms with Crippen molar-refractivity contribution >= 4 is 17.5 Å². The highest BCUT2D eigenvalue weighted by molar-refractivity contribution is 5.61. The predicted molar refractivity (Wildman–Crippen MR) is 96.4 cm³/mol. The first kappa shape index (κ1) is 15.8. The number of aromatic nitrogens is 2. The van der Waals surface area contributed by atoms with Crippen LogP contribution in [0.5, 0.6) is 0 Å². The highest BCUT2D eigenvalue weighted by Gasteiger charge is 2.15. The first-order valence-electron chi connectivity index (χ1n) is 8.70. The van der Waals surface area contributed by atoms with Crippen LogP contribution in [0.15, 0.2) is 36.5 Å². The van der Waals surface area contributed by atoms with Gasteiger partial charge >= 0.3 is 0 Å². The Kier molecular flexibility index (Phi) is 5.11. The monoisotopic (exact) mass is 310 g/mol. The Bertz CT molecular complexity index is 635. The topological polar surface area (TPSA) is 41.1 Å². The summed E-state index contributed by atoms with van der Waals surface area (Å²) < 4.78 is 0. The predicted octanol–water partition coefficient (Wildman–Crippen LogP) is 4.69. The maximum atomic E-state index is 4.75. The van der Waals surface area contributed by atoms with Gasteiger partial charge in [0, 0.05) is 24.5 Å². The largest absolute Gasteiger partial charge is 0.351 e. The number of hydrogen-bond donors (Lipinski definition) is 1. The zero-order chi connectivity index (χ0) is 16.1. The van der Waals surface area contributed by atoms with Crippen molar-refractivity contribution in [2.45, 2.75) is 52.0 Å². The molecule has 1 aliphatic carbocycles. The molecule has 0 bridgehead atoms. The fourth-order valence-corrected chi connectivity index (χ4v) is 3.27. The lowest BCUT2D eigenvalue weighted by molar-refractivity contribution is 0.461. The molecule has 1 saturated carbocycles. The Balaban J connectivity index is 1.79. The van der Waals surface area contributed by atoms with Crippen LogP contribution in [0, 0.1) is 6.92 Å². The molecule has 0 radical (unpaired) electrons. The van der Waals surface area contributed by atoms with E-state index in [2.05, 4.69) is 53.3 Å². The van der Waals surface area contributed by atoms with Crippen LogP contribution in [0.2, 0.25) is 0 Å². The van der Waals surface area contributed by atoms with E-state index in [0.717, 1.165) is 18.3 Å². The molecule has 23 heavy (non-hydrogen) atoms. The standard InChI is InChI=1S/C19H26N4/c1-3-23(17-11-7-8-15(2)14-17)18-12-13-20-19(22-18)21-16-9-5-4-6-10-16/h7-8,11-14,16H,3-6,9-10H2,1-2H3,(H,20,21,22). The molecule has 1 aliphatic rings. The summed E-state index contributed by atoms with van der Waals surface area (Å²) in [5.41, 5.74) is 2.44. The molecule has 3 rings (SSSR count). The number of rotatable bonds is 5. The lowest BCUT2D eigenvalue weighted by atomic mass is 9.96. The van der Waals surface area contributed by atoms with Gasteiger partial charge in [0.25, 0.3) is 0 Å². The molecule has 1 N–H and O–H groups in total. The molecule has 0 atom stereocenters. The summed E-state index contributed by atoms with van der Waals surface area (Å²) in [5, 5.41) is 3.51. The first-order valence-corrected chi connectivity index (χ1v) is 8.70. The van der Waals surface area contributed by atoms with E-state index < -0.39 is 0 Å². The molecule has 0 saturated heterocycles. The van der Waals surface area contributed by atoms with Crippen LogP contribution in [0.25, 0.3) is 0 Å². The van der Waals surface area contributed by atoms with Gasteiger partial charge in [0.05, 0.1) is 0 Å². The molecule has 1 aromatic carbocycles. The maximum Gasteiger partial charge on any atom is 0.224 e. The minimum atomic E-state index is 0.521. The average molecular weight is 310 g/mol. The molecule has 2 aromatic rings. The second kappa shape index (κ2) is 7.44. The Morgan fingerprint density at radius 3 is 2.74 bits per heavy atom. The van der Waals surface area contributed by atoms with Gasteiger partial charge in [-0.15, -0.1) is 0 Å². The van der Waals surface area contributed by atoms with Crippen molar-refractivity contribution in [1.82, 2.24) is 9.97 Å². The van der Waals surface area contributed by atoms with Gasteiger partial charge in [0.15, 0.2) is 0 Å². The fraction of sp³-hybridized carbons (Fsp3) is 0.474. The molecule has 1 aromatic heterocycles. The minimum absolute atomic E-state index is 0.521. The highest BCUT2D eigenvalue weighted by Crippen LogP contribution is 2.25. The summed E-state index contributed by atoms with van der Waals surface area (Å²) in [7, 11) is 0. The Morgan fingerprint density at radius 1 is 1.17 bits per heavy atom. The third kappa shape index (κ3) is 4.01. The van der Waals surface area contributed by atoms with Gasteiger partial charge in [-0.2, -0.15) is 4.98 Å². The molecule has 0 unspecified atom stereocenters. The summed E-state index contributed by atoms with van der Waals surface area (Å²) in [4.78, 5) is 11.4. The van der Waals surface area contributed by atoms with Crippen LogP contribution >= 0.6 is 0 Å². The van der Waals surface area contributed by atoms with E-state index in [1.54, 1.807) is 0 Å². The smallest absolute Gasteiger partial charge is 0.224 e. The molecule has 122 valence electrons. The molecular weight excluding hydrogens is 284 g/mol. The third-order valence-corrected chi connectivity index (χ3v) is 4.49. The zero-order valence-corrected chi connectivity index (χ0v) is 14.1. The Labute approximate surface area is 139 Å². The number of anilines is 3. The fourth-order valence-electron chi connectivity index (χ4n) is 3.27. The van der Waals surface area contributed by atoms with Gasteiger partial charge in [-0.05, 0) is 50.5 Å². The van der Waals surface area contributed by atoms with E-state index in [4.69, 9.17) is 4.98 Å². The molecule has 0 amide bonds. The van der Waals surface area contributed by atoms with Gasteiger partial charge in [-0.1, -0.05) is 31.4 Å². The van der Waals surface area contributed by atoms with E-state index in [0.29, 0.717) is 6.04 Å². The van der Waals surface area contributed by atoms with Gasteiger partial charge < -0.3 is 10.2 Å². The van der Waals surface area contributed by atoms with E-state index in [1.807, 2.05) is 12.3 Å². The van der Waals surface area contributed by atoms with Crippen LogP contribution in [0.4, 0.5) is 17.5 Å².